The number of amides is 2. The summed E-state index contributed by atoms with van der Waals surface area (Å²) in [5, 5.41) is 25.6. The second-order valence-electron chi connectivity index (χ2n) is 15.1. The van der Waals surface area contributed by atoms with E-state index in [0.29, 0.717) is 6.54 Å². The molecule has 2 amide bonds. The molecular formula is C40H46N4O4S2. The maximum atomic E-state index is 13.1. The maximum Gasteiger partial charge on any atom is 0.315 e. The first kappa shape index (κ1) is 33.8. The van der Waals surface area contributed by atoms with Gasteiger partial charge in [0.25, 0.3) is 0 Å². The number of aryl methyl sites for hydroxylation is 1. The predicted molar refractivity (Wildman–Crippen MR) is 196 cm³/mol. The van der Waals surface area contributed by atoms with Gasteiger partial charge in [0.2, 0.25) is 0 Å². The van der Waals surface area contributed by atoms with Crippen LogP contribution in [0.4, 0.5) is 4.79 Å². The van der Waals surface area contributed by atoms with E-state index in [2.05, 4.69) is 76.3 Å². The lowest BCUT2D eigenvalue weighted by atomic mass is 9.53. The molecular weight excluding hydrogens is 665 g/mol. The first-order valence-electron chi connectivity index (χ1n) is 18.0. The standard InChI is InChI=1S/C40H46N4O4S2/c1-24-35(23-49-39-44-43-25(2)50-39)47-37(48-36(24)31-11-9-26(22-45)10-12-31)34-8-4-7-33(17-34)32-6-3-5-27(16-32)21-41-38(46)42-40-18-28-13-29(19-40)15-30(14-28)20-40/h3-12,16-17,24,28-30,35-37,45H,13-15,18-23H2,1-2H3,(H2,41,42,46)/t24-,28?,29?,30?,35+,36+,37+,40?/m1/s1. The molecule has 5 aliphatic rings. The number of carbonyl (C=O) groups excluding carboxylic acids is 1. The molecule has 1 saturated heterocycles. The van der Waals surface area contributed by atoms with Gasteiger partial charge in [0, 0.05) is 29.3 Å². The van der Waals surface area contributed by atoms with Gasteiger partial charge in [0.15, 0.2) is 10.6 Å². The van der Waals surface area contributed by atoms with Crippen LogP contribution in [-0.2, 0) is 22.6 Å². The molecule has 4 bridgehead atoms. The molecule has 5 fully saturated rings. The average Bonchev–Trinajstić information content (AvgIpc) is 3.54. The third-order valence-corrected chi connectivity index (χ3v) is 13.4. The van der Waals surface area contributed by atoms with E-state index < -0.39 is 6.29 Å². The number of benzene rings is 3. The fourth-order valence-electron chi connectivity index (χ4n) is 9.26. The van der Waals surface area contributed by atoms with E-state index in [1.54, 1.807) is 23.1 Å². The van der Waals surface area contributed by atoms with Gasteiger partial charge >= 0.3 is 6.03 Å². The molecule has 4 aromatic rings. The van der Waals surface area contributed by atoms with Crippen molar-refractivity contribution in [3.8, 4) is 11.1 Å². The molecule has 50 heavy (non-hydrogen) atoms. The van der Waals surface area contributed by atoms with Crippen molar-refractivity contribution in [2.24, 2.45) is 23.7 Å². The van der Waals surface area contributed by atoms with Crippen molar-refractivity contribution >= 4 is 29.1 Å². The molecule has 4 aliphatic carbocycles. The number of urea groups is 1. The molecule has 10 heteroatoms. The van der Waals surface area contributed by atoms with Gasteiger partial charge in [-0.2, -0.15) is 0 Å². The summed E-state index contributed by atoms with van der Waals surface area (Å²) in [4.78, 5) is 13.1. The van der Waals surface area contributed by atoms with E-state index in [4.69, 9.17) is 9.47 Å². The smallest absolute Gasteiger partial charge is 0.315 e. The summed E-state index contributed by atoms with van der Waals surface area (Å²) >= 11 is 3.27. The number of aromatic nitrogens is 2. The van der Waals surface area contributed by atoms with E-state index in [0.717, 1.165) is 85.5 Å². The van der Waals surface area contributed by atoms with E-state index in [1.807, 2.05) is 31.2 Å². The van der Waals surface area contributed by atoms with Gasteiger partial charge < -0.3 is 25.2 Å². The number of ether oxygens (including phenoxy) is 2. The zero-order chi connectivity index (χ0) is 34.2. The van der Waals surface area contributed by atoms with Gasteiger partial charge in [-0.05, 0) is 103 Å². The van der Waals surface area contributed by atoms with Crippen LogP contribution in [0.3, 0.4) is 0 Å². The summed E-state index contributed by atoms with van der Waals surface area (Å²) in [7, 11) is 0. The third kappa shape index (κ3) is 7.37. The van der Waals surface area contributed by atoms with Crippen LogP contribution in [0.25, 0.3) is 11.1 Å². The van der Waals surface area contributed by atoms with Crippen molar-refractivity contribution < 1.29 is 19.4 Å². The number of carbonyl (C=O) groups is 1. The second kappa shape index (κ2) is 14.4. The Balaban J connectivity index is 0.965. The normalized spacial score (nSPS) is 29.9. The summed E-state index contributed by atoms with van der Waals surface area (Å²) in [6.45, 7) is 4.63. The summed E-state index contributed by atoms with van der Waals surface area (Å²) in [5.41, 5.74) is 6.08. The Bertz CT molecular complexity index is 1780. The maximum absolute atomic E-state index is 13.1. The van der Waals surface area contributed by atoms with Crippen LogP contribution < -0.4 is 10.6 Å². The number of hydrogen-bond donors (Lipinski definition) is 3. The highest BCUT2D eigenvalue weighted by Gasteiger charge is 2.51. The molecule has 0 unspecified atom stereocenters. The molecule has 8 nitrogen and oxygen atoms in total. The highest BCUT2D eigenvalue weighted by molar-refractivity contribution is 8.01. The van der Waals surface area contributed by atoms with Crippen LogP contribution in [0, 0.1) is 30.6 Å². The van der Waals surface area contributed by atoms with Crippen LogP contribution >= 0.6 is 23.1 Å². The molecule has 1 aliphatic heterocycles. The summed E-state index contributed by atoms with van der Waals surface area (Å²) in [6.07, 6.45) is 6.67. The summed E-state index contributed by atoms with van der Waals surface area (Å²) < 4.78 is 14.4. The molecule has 262 valence electrons. The number of rotatable bonds is 10. The van der Waals surface area contributed by atoms with Gasteiger partial charge in [-0.25, -0.2) is 4.79 Å². The molecule has 3 aromatic carbocycles. The van der Waals surface area contributed by atoms with Crippen molar-refractivity contribution in [3.05, 3.63) is 100 Å². The molecule has 3 N–H and O–H groups in total. The number of thioether (sulfide) groups is 1. The zero-order valence-electron chi connectivity index (χ0n) is 28.7. The Hall–Kier alpha value is -3.28. The van der Waals surface area contributed by atoms with Crippen LogP contribution in [0.5, 0.6) is 0 Å². The minimum Gasteiger partial charge on any atom is -0.392 e. The number of nitrogens with zero attached hydrogens (tertiary/aromatic N) is 2. The monoisotopic (exact) mass is 710 g/mol. The minimum atomic E-state index is -0.562. The Morgan fingerprint density at radius 2 is 1.60 bits per heavy atom. The molecule has 2 heterocycles. The molecule has 1 aromatic heterocycles. The largest absolute Gasteiger partial charge is 0.392 e. The highest BCUT2D eigenvalue weighted by atomic mass is 32.2. The molecule has 0 radical (unpaired) electrons. The molecule has 9 rings (SSSR count). The van der Waals surface area contributed by atoms with Crippen molar-refractivity contribution in [3.63, 3.8) is 0 Å². The average molecular weight is 711 g/mol. The van der Waals surface area contributed by atoms with Crippen LogP contribution in [0.15, 0.2) is 77.1 Å². The van der Waals surface area contributed by atoms with Crippen LogP contribution in [0.1, 0.15) is 85.1 Å². The Morgan fingerprint density at radius 3 is 2.28 bits per heavy atom. The second-order valence-corrected chi connectivity index (χ2v) is 17.5. The van der Waals surface area contributed by atoms with Gasteiger partial charge in [-0.3, -0.25) is 0 Å². The zero-order valence-corrected chi connectivity index (χ0v) is 30.3. The summed E-state index contributed by atoms with van der Waals surface area (Å²) in [6, 6.07) is 24.7. The molecule has 0 spiro atoms. The quantitative estimate of drug-likeness (QED) is 0.142. The lowest BCUT2D eigenvalue weighted by Gasteiger charge is -2.56. The SMILES string of the molecule is Cc1nnc(SC[C@@H]2O[C@H](c3cccc(-c4cccc(CNC(=O)NC56CC7CC(CC(C7)C5)C6)c4)c3)O[C@H](c3ccc(CO)cc3)[C@@H]2C)s1. The van der Waals surface area contributed by atoms with Crippen LogP contribution in [0.2, 0.25) is 0 Å². The van der Waals surface area contributed by atoms with Crippen molar-refractivity contribution in [1.82, 2.24) is 20.8 Å². The van der Waals surface area contributed by atoms with Crippen LogP contribution in [-0.4, -0.2) is 38.7 Å². The Labute approximate surface area is 302 Å². The first-order valence-corrected chi connectivity index (χ1v) is 19.8. The number of aliphatic hydroxyl groups is 1. The topological polar surface area (TPSA) is 106 Å². The van der Waals surface area contributed by atoms with Gasteiger partial charge in [0.1, 0.15) is 5.01 Å². The van der Waals surface area contributed by atoms with Gasteiger partial charge in [-0.1, -0.05) is 90.7 Å². The lowest BCUT2D eigenvalue weighted by molar-refractivity contribution is -0.268. The van der Waals surface area contributed by atoms with Crippen molar-refractivity contribution in [2.75, 3.05) is 5.75 Å². The van der Waals surface area contributed by atoms with Gasteiger partial charge in [-0.15, -0.1) is 10.2 Å². The summed E-state index contributed by atoms with van der Waals surface area (Å²) in [5.74, 6) is 3.19. The Morgan fingerprint density at radius 1 is 0.900 bits per heavy atom. The fraction of sp³-hybridized carbons (Fsp3) is 0.475. The fourth-order valence-corrected chi connectivity index (χ4v) is 11.3. The predicted octanol–water partition coefficient (Wildman–Crippen LogP) is 8.36. The van der Waals surface area contributed by atoms with Crippen molar-refractivity contribution in [2.45, 2.75) is 93.9 Å². The third-order valence-electron chi connectivity index (χ3n) is 11.3. The van der Waals surface area contributed by atoms with Crippen molar-refractivity contribution in [1.29, 1.82) is 0 Å². The number of nitrogens with one attached hydrogen (secondary N) is 2. The molecule has 4 atom stereocenters. The minimum absolute atomic E-state index is 0.00114. The number of aliphatic hydroxyl groups excluding tert-OH is 1. The lowest BCUT2D eigenvalue weighted by Crippen LogP contribution is -2.61. The highest BCUT2D eigenvalue weighted by Crippen LogP contribution is 2.55. The van der Waals surface area contributed by atoms with Gasteiger partial charge in [0.05, 0.1) is 18.8 Å². The van der Waals surface area contributed by atoms with E-state index in [1.165, 1.54) is 19.3 Å². The van der Waals surface area contributed by atoms with E-state index in [-0.39, 0.29) is 36.3 Å². The molecule has 4 saturated carbocycles. The first-order chi connectivity index (χ1) is 24.3. The van der Waals surface area contributed by atoms with E-state index in [9.17, 15) is 9.90 Å². The Kier molecular flexibility index (Phi) is 9.74. The number of hydrogen-bond acceptors (Lipinski definition) is 8. The van der Waals surface area contributed by atoms with E-state index >= 15 is 0 Å².